The predicted octanol–water partition coefficient (Wildman–Crippen LogP) is 4.51. The van der Waals surface area contributed by atoms with Crippen molar-refractivity contribution in [2.75, 3.05) is 6.54 Å². The SMILES string of the molecule is CCCC(C)(C)CCCCNC(=O)OC(C)(C)C. The summed E-state index contributed by atoms with van der Waals surface area (Å²) >= 11 is 0. The van der Waals surface area contributed by atoms with Crippen LogP contribution in [0.4, 0.5) is 4.79 Å². The standard InChI is InChI=1S/C15H31NO2/c1-7-10-15(5,6)11-8-9-12-16-13(17)18-14(2,3)4/h7-12H2,1-6H3,(H,16,17). The second-order valence-corrected chi connectivity index (χ2v) is 6.80. The first kappa shape index (κ1) is 17.3. The van der Waals surface area contributed by atoms with Gasteiger partial charge in [-0.05, 0) is 45.4 Å². The van der Waals surface area contributed by atoms with Gasteiger partial charge in [0.2, 0.25) is 0 Å². The van der Waals surface area contributed by atoms with Gasteiger partial charge in [0.25, 0.3) is 0 Å². The Labute approximate surface area is 113 Å². The van der Waals surface area contributed by atoms with Gasteiger partial charge in [0.15, 0.2) is 0 Å². The minimum atomic E-state index is -0.410. The zero-order chi connectivity index (χ0) is 14.2. The number of carbonyl (C=O) groups excluding carboxylic acids is 1. The van der Waals surface area contributed by atoms with Crippen molar-refractivity contribution in [2.24, 2.45) is 5.41 Å². The molecule has 0 aliphatic heterocycles. The topological polar surface area (TPSA) is 38.3 Å². The minimum Gasteiger partial charge on any atom is -0.444 e. The molecular weight excluding hydrogens is 226 g/mol. The van der Waals surface area contributed by atoms with E-state index in [-0.39, 0.29) is 6.09 Å². The Morgan fingerprint density at radius 2 is 1.67 bits per heavy atom. The van der Waals surface area contributed by atoms with Gasteiger partial charge in [-0.15, -0.1) is 0 Å². The fraction of sp³-hybridized carbons (Fsp3) is 0.933. The van der Waals surface area contributed by atoms with Gasteiger partial charge in [-0.2, -0.15) is 0 Å². The van der Waals surface area contributed by atoms with Crippen LogP contribution in [0.25, 0.3) is 0 Å². The van der Waals surface area contributed by atoms with E-state index in [4.69, 9.17) is 4.74 Å². The third-order valence-electron chi connectivity index (χ3n) is 2.88. The molecule has 0 aliphatic rings. The highest BCUT2D eigenvalue weighted by atomic mass is 16.6. The van der Waals surface area contributed by atoms with E-state index >= 15 is 0 Å². The van der Waals surface area contributed by atoms with Crippen LogP contribution in [-0.4, -0.2) is 18.2 Å². The number of alkyl carbamates (subject to hydrolysis) is 1. The molecule has 108 valence electrons. The van der Waals surface area contributed by atoms with E-state index in [1.807, 2.05) is 20.8 Å². The molecule has 0 aromatic carbocycles. The molecular formula is C15H31NO2. The van der Waals surface area contributed by atoms with E-state index in [1.165, 1.54) is 19.3 Å². The van der Waals surface area contributed by atoms with Crippen molar-refractivity contribution in [3.8, 4) is 0 Å². The lowest BCUT2D eigenvalue weighted by atomic mass is 9.83. The second kappa shape index (κ2) is 7.65. The summed E-state index contributed by atoms with van der Waals surface area (Å²) in [4.78, 5) is 11.4. The molecule has 1 amide bonds. The lowest BCUT2D eigenvalue weighted by Crippen LogP contribution is -2.33. The molecule has 18 heavy (non-hydrogen) atoms. The molecule has 0 atom stereocenters. The van der Waals surface area contributed by atoms with Crippen molar-refractivity contribution < 1.29 is 9.53 Å². The van der Waals surface area contributed by atoms with Gasteiger partial charge in [0, 0.05) is 6.54 Å². The molecule has 0 bridgehead atoms. The maximum absolute atomic E-state index is 11.4. The molecule has 0 aromatic heterocycles. The molecule has 0 aromatic rings. The highest BCUT2D eigenvalue weighted by molar-refractivity contribution is 5.67. The molecule has 0 heterocycles. The van der Waals surface area contributed by atoms with Gasteiger partial charge < -0.3 is 10.1 Å². The van der Waals surface area contributed by atoms with E-state index < -0.39 is 5.60 Å². The van der Waals surface area contributed by atoms with Crippen LogP contribution in [0.15, 0.2) is 0 Å². The number of carbonyl (C=O) groups is 1. The summed E-state index contributed by atoms with van der Waals surface area (Å²) in [7, 11) is 0. The Bertz CT molecular complexity index is 241. The first-order chi connectivity index (χ1) is 8.16. The second-order valence-electron chi connectivity index (χ2n) is 6.80. The molecule has 0 aliphatic carbocycles. The van der Waals surface area contributed by atoms with Crippen molar-refractivity contribution in [3.63, 3.8) is 0 Å². The van der Waals surface area contributed by atoms with E-state index in [2.05, 4.69) is 26.1 Å². The molecule has 0 saturated carbocycles. The maximum atomic E-state index is 11.4. The average molecular weight is 257 g/mol. The highest BCUT2D eigenvalue weighted by Gasteiger charge is 2.17. The third-order valence-corrected chi connectivity index (χ3v) is 2.88. The maximum Gasteiger partial charge on any atom is 0.407 e. The van der Waals surface area contributed by atoms with Crippen LogP contribution in [0, 0.1) is 5.41 Å². The summed E-state index contributed by atoms with van der Waals surface area (Å²) < 4.78 is 5.17. The lowest BCUT2D eigenvalue weighted by molar-refractivity contribution is 0.0526. The van der Waals surface area contributed by atoms with Crippen LogP contribution in [0.5, 0.6) is 0 Å². The van der Waals surface area contributed by atoms with Crippen LogP contribution in [0.2, 0.25) is 0 Å². The van der Waals surface area contributed by atoms with Gasteiger partial charge >= 0.3 is 6.09 Å². The van der Waals surface area contributed by atoms with Crippen molar-refractivity contribution in [1.29, 1.82) is 0 Å². The highest BCUT2D eigenvalue weighted by Crippen LogP contribution is 2.28. The van der Waals surface area contributed by atoms with Gasteiger partial charge in [-0.25, -0.2) is 4.79 Å². The molecule has 0 fully saturated rings. The normalized spacial score (nSPS) is 12.3. The predicted molar refractivity (Wildman–Crippen MR) is 76.8 cm³/mol. The van der Waals surface area contributed by atoms with Crippen molar-refractivity contribution in [2.45, 2.75) is 79.2 Å². The first-order valence-electron chi connectivity index (χ1n) is 7.13. The number of rotatable bonds is 7. The first-order valence-corrected chi connectivity index (χ1v) is 7.13. The summed E-state index contributed by atoms with van der Waals surface area (Å²) in [5.41, 5.74) is 0.0217. The van der Waals surface area contributed by atoms with E-state index in [1.54, 1.807) is 0 Å². The quantitative estimate of drug-likeness (QED) is 0.682. The van der Waals surface area contributed by atoms with Crippen LogP contribution in [0.3, 0.4) is 0 Å². The molecule has 1 N–H and O–H groups in total. The Morgan fingerprint density at radius 1 is 1.06 bits per heavy atom. The number of hydrogen-bond acceptors (Lipinski definition) is 2. The summed E-state index contributed by atoms with van der Waals surface area (Å²) in [6, 6.07) is 0. The summed E-state index contributed by atoms with van der Waals surface area (Å²) in [5.74, 6) is 0. The molecule has 0 radical (unpaired) electrons. The van der Waals surface area contributed by atoms with Gasteiger partial charge in [0.1, 0.15) is 5.60 Å². The zero-order valence-electron chi connectivity index (χ0n) is 13.1. The van der Waals surface area contributed by atoms with Crippen molar-refractivity contribution in [3.05, 3.63) is 0 Å². The Kier molecular flexibility index (Phi) is 7.34. The van der Waals surface area contributed by atoms with Gasteiger partial charge in [-0.3, -0.25) is 0 Å². The largest absolute Gasteiger partial charge is 0.444 e. The van der Waals surface area contributed by atoms with Gasteiger partial charge in [-0.1, -0.05) is 33.6 Å². The van der Waals surface area contributed by atoms with Crippen molar-refractivity contribution >= 4 is 6.09 Å². The summed E-state index contributed by atoms with van der Waals surface area (Å²) in [6.07, 6.45) is 5.59. The third kappa shape index (κ3) is 10.4. The summed E-state index contributed by atoms with van der Waals surface area (Å²) in [6.45, 7) is 13.2. The Hall–Kier alpha value is -0.730. The van der Waals surface area contributed by atoms with Crippen LogP contribution < -0.4 is 5.32 Å². The fourth-order valence-corrected chi connectivity index (χ4v) is 2.03. The molecule has 3 nitrogen and oxygen atoms in total. The number of ether oxygens (including phenoxy) is 1. The number of hydrogen-bond donors (Lipinski definition) is 1. The smallest absolute Gasteiger partial charge is 0.407 e. The number of nitrogens with one attached hydrogen (secondary N) is 1. The fourth-order valence-electron chi connectivity index (χ4n) is 2.03. The van der Waals surface area contributed by atoms with Crippen LogP contribution >= 0.6 is 0 Å². The summed E-state index contributed by atoms with van der Waals surface area (Å²) in [5, 5.41) is 2.80. The van der Waals surface area contributed by atoms with Crippen LogP contribution in [-0.2, 0) is 4.74 Å². The van der Waals surface area contributed by atoms with E-state index in [0.717, 1.165) is 12.8 Å². The number of amides is 1. The molecule has 3 heteroatoms. The molecule has 0 unspecified atom stereocenters. The minimum absolute atomic E-state index is 0.310. The lowest BCUT2D eigenvalue weighted by Gasteiger charge is -2.24. The van der Waals surface area contributed by atoms with Gasteiger partial charge in [0.05, 0.1) is 0 Å². The van der Waals surface area contributed by atoms with E-state index in [0.29, 0.717) is 12.0 Å². The van der Waals surface area contributed by atoms with Crippen LogP contribution in [0.1, 0.15) is 73.6 Å². The molecule has 0 saturated heterocycles. The Balaban J connectivity index is 3.60. The molecule has 0 rings (SSSR count). The average Bonchev–Trinajstić information content (AvgIpc) is 2.13. The van der Waals surface area contributed by atoms with Crippen molar-refractivity contribution in [1.82, 2.24) is 5.32 Å². The molecule has 0 spiro atoms. The Morgan fingerprint density at radius 3 is 2.17 bits per heavy atom. The monoisotopic (exact) mass is 257 g/mol. The number of unbranched alkanes of at least 4 members (excludes halogenated alkanes) is 1. The zero-order valence-corrected chi connectivity index (χ0v) is 13.1. The van der Waals surface area contributed by atoms with E-state index in [9.17, 15) is 4.79 Å².